The number of hydrogen-bond acceptors (Lipinski definition) is 2. The molecule has 0 spiro atoms. The van der Waals surface area contributed by atoms with Crippen LogP contribution in [0.25, 0.3) is 0 Å². The lowest BCUT2D eigenvalue weighted by Gasteiger charge is -2.13. The molecule has 0 aliphatic heterocycles. The first-order valence-corrected chi connectivity index (χ1v) is 7.30. The number of nitrogens with one attached hydrogen (secondary N) is 1. The lowest BCUT2D eigenvalue weighted by molar-refractivity contribution is 0.304. The van der Waals surface area contributed by atoms with Crippen LogP contribution < -0.4 is 10.1 Å². The van der Waals surface area contributed by atoms with Gasteiger partial charge in [0.25, 0.3) is 0 Å². The molecule has 2 nitrogen and oxygen atoms in total. The lowest BCUT2D eigenvalue weighted by atomic mass is 10.1. The molecule has 2 aromatic carbocycles. The summed E-state index contributed by atoms with van der Waals surface area (Å²) in [7, 11) is 1.79. The Morgan fingerprint density at radius 1 is 1.14 bits per heavy atom. The van der Waals surface area contributed by atoms with E-state index < -0.39 is 0 Å². The molecule has 0 fully saturated rings. The monoisotopic (exact) mass is 327 g/mol. The molecule has 0 saturated heterocycles. The summed E-state index contributed by atoms with van der Waals surface area (Å²) in [6.45, 7) is 2.20. The van der Waals surface area contributed by atoms with Gasteiger partial charge in [0.2, 0.25) is 0 Å². The third-order valence-corrected chi connectivity index (χ3v) is 4.00. The van der Waals surface area contributed by atoms with Gasteiger partial charge in [-0.3, -0.25) is 0 Å². The van der Waals surface area contributed by atoms with Crippen molar-refractivity contribution in [2.75, 3.05) is 7.05 Å². The van der Waals surface area contributed by atoms with Gasteiger partial charge in [0.15, 0.2) is 0 Å². The van der Waals surface area contributed by atoms with E-state index in [9.17, 15) is 4.39 Å². The zero-order chi connectivity index (χ0) is 15.4. The second-order valence-corrected chi connectivity index (χ2v) is 5.55. The summed E-state index contributed by atoms with van der Waals surface area (Å²) in [5.41, 5.74) is 1.48. The molecule has 0 bridgehead atoms. The number of rotatable bonds is 5. The van der Waals surface area contributed by atoms with Crippen LogP contribution in [0.4, 0.5) is 4.39 Å². The van der Waals surface area contributed by atoms with E-state index in [4.69, 9.17) is 27.9 Å². The molecular formula is C16H16Cl2FNO. The Labute approximate surface area is 133 Å². The first-order chi connectivity index (χ1) is 10.0. The van der Waals surface area contributed by atoms with Crippen molar-refractivity contribution >= 4 is 23.2 Å². The number of halogens is 3. The van der Waals surface area contributed by atoms with Crippen LogP contribution in [-0.4, -0.2) is 7.05 Å². The van der Waals surface area contributed by atoms with Gasteiger partial charge in [-0.15, -0.1) is 0 Å². The highest BCUT2D eigenvalue weighted by Gasteiger charge is 2.10. The Hall–Kier alpha value is -1.29. The van der Waals surface area contributed by atoms with Crippen molar-refractivity contribution in [3.05, 3.63) is 63.4 Å². The summed E-state index contributed by atoms with van der Waals surface area (Å²) >= 11 is 11.8. The van der Waals surface area contributed by atoms with Crippen molar-refractivity contribution in [3.8, 4) is 5.75 Å². The second kappa shape index (κ2) is 7.12. The Bertz CT molecular complexity index is 634. The van der Waals surface area contributed by atoms with Crippen LogP contribution in [0.5, 0.6) is 5.75 Å². The smallest absolute Gasteiger partial charge is 0.131 e. The van der Waals surface area contributed by atoms with Gasteiger partial charge >= 0.3 is 0 Å². The van der Waals surface area contributed by atoms with E-state index in [1.54, 1.807) is 31.3 Å². The van der Waals surface area contributed by atoms with E-state index in [2.05, 4.69) is 5.32 Å². The van der Waals surface area contributed by atoms with Crippen LogP contribution in [0.3, 0.4) is 0 Å². The average molecular weight is 328 g/mol. The third-order valence-electron chi connectivity index (χ3n) is 3.26. The molecule has 2 aromatic rings. The van der Waals surface area contributed by atoms with E-state index in [1.165, 1.54) is 6.07 Å². The lowest BCUT2D eigenvalue weighted by Crippen LogP contribution is -2.13. The quantitative estimate of drug-likeness (QED) is 0.835. The molecule has 0 saturated carbocycles. The zero-order valence-electron chi connectivity index (χ0n) is 11.8. The zero-order valence-corrected chi connectivity index (χ0v) is 13.3. The topological polar surface area (TPSA) is 21.3 Å². The van der Waals surface area contributed by atoms with Crippen LogP contribution in [0.1, 0.15) is 24.1 Å². The van der Waals surface area contributed by atoms with Crippen LogP contribution in [0, 0.1) is 5.82 Å². The van der Waals surface area contributed by atoms with Gasteiger partial charge in [0, 0.05) is 17.7 Å². The van der Waals surface area contributed by atoms with E-state index in [0.717, 1.165) is 5.56 Å². The molecule has 112 valence electrons. The minimum absolute atomic E-state index is 0.0471. The van der Waals surface area contributed by atoms with Crippen LogP contribution in [-0.2, 0) is 6.61 Å². The molecule has 2 rings (SSSR count). The molecule has 0 aromatic heterocycles. The fourth-order valence-corrected chi connectivity index (χ4v) is 2.22. The third kappa shape index (κ3) is 4.10. The highest BCUT2D eigenvalue weighted by molar-refractivity contribution is 6.42. The molecule has 1 atom stereocenters. The van der Waals surface area contributed by atoms with Gasteiger partial charge in [0.1, 0.15) is 18.2 Å². The maximum absolute atomic E-state index is 14.0. The average Bonchev–Trinajstić information content (AvgIpc) is 2.48. The summed E-state index contributed by atoms with van der Waals surface area (Å²) in [5.74, 6) is 0.189. The summed E-state index contributed by atoms with van der Waals surface area (Å²) < 4.78 is 19.5. The van der Waals surface area contributed by atoms with Crippen molar-refractivity contribution in [2.24, 2.45) is 0 Å². The molecule has 0 aliphatic rings. The fourth-order valence-electron chi connectivity index (χ4n) is 1.90. The number of hydrogen-bond donors (Lipinski definition) is 1. The highest BCUT2D eigenvalue weighted by atomic mass is 35.5. The van der Waals surface area contributed by atoms with E-state index in [-0.39, 0.29) is 11.9 Å². The van der Waals surface area contributed by atoms with Crippen molar-refractivity contribution in [2.45, 2.75) is 19.6 Å². The molecule has 1 unspecified atom stereocenters. The maximum atomic E-state index is 14.0. The number of benzene rings is 2. The molecule has 1 N–H and O–H groups in total. The minimum Gasteiger partial charge on any atom is -0.489 e. The van der Waals surface area contributed by atoms with Gasteiger partial charge in [-0.05, 0) is 37.7 Å². The minimum atomic E-state index is -0.288. The molecule has 0 heterocycles. The van der Waals surface area contributed by atoms with Crippen molar-refractivity contribution in [1.82, 2.24) is 5.32 Å². The Kier molecular flexibility index (Phi) is 5.45. The fraction of sp³-hybridized carbons (Fsp3) is 0.250. The predicted octanol–water partition coefficient (Wildman–Crippen LogP) is 4.99. The first kappa shape index (κ1) is 16.1. The summed E-state index contributed by atoms with van der Waals surface area (Å²) in [6, 6.07) is 10.1. The van der Waals surface area contributed by atoms with Crippen LogP contribution in [0.15, 0.2) is 36.4 Å². The predicted molar refractivity (Wildman–Crippen MR) is 84.7 cm³/mol. The Morgan fingerprint density at radius 3 is 2.52 bits per heavy atom. The molecule has 0 aliphatic carbocycles. The van der Waals surface area contributed by atoms with E-state index >= 15 is 0 Å². The van der Waals surface area contributed by atoms with Crippen molar-refractivity contribution in [3.63, 3.8) is 0 Å². The van der Waals surface area contributed by atoms with Crippen LogP contribution in [0.2, 0.25) is 10.0 Å². The number of ether oxygens (including phenoxy) is 1. The Balaban J connectivity index is 2.06. The maximum Gasteiger partial charge on any atom is 0.131 e. The van der Waals surface area contributed by atoms with E-state index in [1.807, 2.05) is 13.0 Å². The highest BCUT2D eigenvalue weighted by Crippen LogP contribution is 2.25. The van der Waals surface area contributed by atoms with Gasteiger partial charge in [-0.1, -0.05) is 35.3 Å². The second-order valence-electron chi connectivity index (χ2n) is 4.73. The van der Waals surface area contributed by atoms with Crippen LogP contribution >= 0.6 is 23.2 Å². The molecular weight excluding hydrogens is 312 g/mol. The standard InChI is InChI=1S/C16H16Cl2FNO/c1-10(20-2)13-5-4-12(8-16(13)19)21-9-11-3-6-14(17)15(18)7-11/h3-8,10,20H,9H2,1-2H3. The first-order valence-electron chi connectivity index (χ1n) is 6.54. The molecule has 0 amide bonds. The molecule has 0 radical (unpaired) electrons. The van der Waals surface area contributed by atoms with Gasteiger partial charge < -0.3 is 10.1 Å². The normalized spacial score (nSPS) is 12.2. The summed E-state index contributed by atoms with van der Waals surface area (Å²) in [6.07, 6.45) is 0. The SMILES string of the molecule is CNC(C)c1ccc(OCc2ccc(Cl)c(Cl)c2)cc1F. The van der Waals surface area contributed by atoms with Gasteiger partial charge in [-0.25, -0.2) is 4.39 Å². The Morgan fingerprint density at radius 2 is 1.90 bits per heavy atom. The van der Waals surface area contributed by atoms with Gasteiger partial charge in [0.05, 0.1) is 10.0 Å². The molecule has 21 heavy (non-hydrogen) atoms. The summed E-state index contributed by atoms with van der Waals surface area (Å²) in [5, 5.41) is 3.97. The van der Waals surface area contributed by atoms with E-state index in [0.29, 0.717) is 28.0 Å². The van der Waals surface area contributed by atoms with Gasteiger partial charge in [-0.2, -0.15) is 0 Å². The summed E-state index contributed by atoms with van der Waals surface area (Å²) in [4.78, 5) is 0. The van der Waals surface area contributed by atoms with Crippen molar-refractivity contribution < 1.29 is 9.13 Å². The molecule has 5 heteroatoms. The largest absolute Gasteiger partial charge is 0.489 e. The van der Waals surface area contributed by atoms with Crippen molar-refractivity contribution in [1.29, 1.82) is 0 Å².